The zero-order valence-electron chi connectivity index (χ0n) is 14.2. The molecule has 0 saturated carbocycles. The van der Waals surface area contributed by atoms with E-state index < -0.39 is 11.4 Å². The van der Waals surface area contributed by atoms with Crippen LogP contribution in [0.2, 0.25) is 0 Å². The van der Waals surface area contributed by atoms with Crippen LogP contribution in [-0.2, 0) is 21.4 Å². The average molecular weight is 333 g/mol. The van der Waals surface area contributed by atoms with E-state index in [9.17, 15) is 10.1 Å². The van der Waals surface area contributed by atoms with E-state index in [0.29, 0.717) is 18.0 Å². The molecule has 2 aromatic rings. The molecule has 0 amide bonds. The molecule has 0 atom stereocenters. The van der Waals surface area contributed by atoms with Gasteiger partial charge in [0.25, 0.3) is 0 Å². The lowest BCUT2D eigenvalue weighted by Crippen LogP contribution is -2.14. The van der Waals surface area contributed by atoms with Crippen molar-refractivity contribution in [3.05, 3.63) is 71.2 Å². The van der Waals surface area contributed by atoms with Gasteiger partial charge >= 0.3 is 5.97 Å². The number of esters is 1. The Bertz CT molecular complexity index is 867. The second-order valence-corrected chi connectivity index (χ2v) is 6.44. The highest BCUT2D eigenvalue weighted by atomic mass is 16.6. The number of hydrogen-bond acceptors (Lipinski definition) is 4. The summed E-state index contributed by atoms with van der Waals surface area (Å²) in [5.41, 5.74) is 2.52. The average Bonchev–Trinajstić information content (AvgIpc) is 3.25. The predicted molar refractivity (Wildman–Crippen MR) is 94.9 cm³/mol. The number of nitrogens with zero attached hydrogens (tertiary/aromatic N) is 2. The first-order valence-electron chi connectivity index (χ1n) is 8.15. The van der Waals surface area contributed by atoms with Gasteiger partial charge in [-0.1, -0.05) is 18.2 Å². The van der Waals surface area contributed by atoms with E-state index in [2.05, 4.69) is 16.0 Å². The van der Waals surface area contributed by atoms with Gasteiger partial charge in [0.2, 0.25) is 5.90 Å². The van der Waals surface area contributed by atoms with Crippen LogP contribution in [0.25, 0.3) is 0 Å². The molecule has 3 rings (SSSR count). The molecule has 0 fully saturated rings. The largest absolute Gasteiger partial charge is 0.402 e. The van der Waals surface area contributed by atoms with Crippen LogP contribution in [0.15, 0.2) is 59.4 Å². The summed E-state index contributed by atoms with van der Waals surface area (Å²) in [6, 6.07) is 13.6. The number of aromatic amines is 1. The maximum Gasteiger partial charge on any atom is 0.363 e. The van der Waals surface area contributed by atoms with Gasteiger partial charge < -0.3 is 9.72 Å². The van der Waals surface area contributed by atoms with Crippen LogP contribution >= 0.6 is 0 Å². The van der Waals surface area contributed by atoms with Crippen LogP contribution in [0, 0.1) is 11.3 Å². The number of aliphatic imine (C=N–C) groups is 1. The number of carbonyl (C=O) groups is 1. The number of aryl methyl sites for hydroxylation is 1. The summed E-state index contributed by atoms with van der Waals surface area (Å²) < 4.78 is 5.27. The van der Waals surface area contributed by atoms with Crippen LogP contribution in [0.3, 0.4) is 0 Å². The molecule has 1 N–H and O–H groups in total. The Labute approximate surface area is 146 Å². The molecule has 5 nitrogen and oxygen atoms in total. The number of benzene rings is 1. The highest BCUT2D eigenvalue weighted by Crippen LogP contribution is 2.24. The highest BCUT2D eigenvalue weighted by Gasteiger charge is 2.25. The molecule has 126 valence electrons. The second kappa shape index (κ2) is 6.78. The van der Waals surface area contributed by atoms with Crippen molar-refractivity contribution >= 4 is 11.9 Å². The molecule has 0 spiro atoms. The van der Waals surface area contributed by atoms with Gasteiger partial charge in [-0.15, -0.1) is 0 Å². The van der Waals surface area contributed by atoms with Crippen molar-refractivity contribution in [2.45, 2.75) is 32.1 Å². The van der Waals surface area contributed by atoms with E-state index in [-0.39, 0.29) is 0 Å². The van der Waals surface area contributed by atoms with E-state index in [1.54, 1.807) is 6.08 Å². The summed E-state index contributed by atoms with van der Waals surface area (Å²) in [5.74, 6) is -0.125. The third-order valence-corrected chi connectivity index (χ3v) is 4.17. The minimum absolute atomic E-state index is 0.303. The number of nitriles is 1. The Morgan fingerprint density at radius 1 is 1.28 bits per heavy atom. The first-order chi connectivity index (χ1) is 12.0. The number of nitrogens with one attached hydrogen (secondary N) is 1. The normalized spacial score (nSPS) is 15.8. The molecule has 0 bridgehead atoms. The fraction of sp³-hybridized carbons (Fsp3) is 0.250. The Balaban J connectivity index is 1.72. The van der Waals surface area contributed by atoms with Gasteiger partial charge in [0.1, 0.15) is 5.70 Å². The number of cyclic esters (lactones) is 1. The SMILES string of the molecule is CC(C)(C#N)c1ccc(C2=N/C(=C\CCc3ccc[nH]3)C(=O)O2)cc1. The summed E-state index contributed by atoms with van der Waals surface area (Å²) in [6.07, 6.45) is 5.19. The first-order valence-corrected chi connectivity index (χ1v) is 8.15. The van der Waals surface area contributed by atoms with Crippen LogP contribution in [0.1, 0.15) is 37.1 Å². The number of rotatable bonds is 5. The van der Waals surface area contributed by atoms with Crippen molar-refractivity contribution in [1.82, 2.24) is 4.98 Å². The van der Waals surface area contributed by atoms with Crippen LogP contribution in [0.5, 0.6) is 0 Å². The Hall–Kier alpha value is -3.13. The molecule has 0 radical (unpaired) electrons. The van der Waals surface area contributed by atoms with Crippen molar-refractivity contribution in [3.8, 4) is 6.07 Å². The lowest BCUT2D eigenvalue weighted by atomic mass is 9.86. The molecule has 0 saturated heterocycles. The van der Waals surface area contributed by atoms with Crippen LogP contribution in [0.4, 0.5) is 0 Å². The molecule has 1 aliphatic heterocycles. The second-order valence-electron chi connectivity index (χ2n) is 6.44. The van der Waals surface area contributed by atoms with Gasteiger partial charge in [-0.25, -0.2) is 9.79 Å². The number of aromatic nitrogens is 1. The lowest BCUT2D eigenvalue weighted by molar-refractivity contribution is -0.130. The standard InChI is InChI=1S/C20H19N3O2/c1-20(2,13-21)15-10-8-14(9-11-15)18-23-17(19(24)25-18)7-3-5-16-6-4-12-22-16/h4,6-12,22H,3,5H2,1-2H3/b17-7-. The molecule has 2 heterocycles. The summed E-state index contributed by atoms with van der Waals surface area (Å²) in [4.78, 5) is 19.4. The molecule has 5 heteroatoms. The molecule has 0 unspecified atom stereocenters. The fourth-order valence-electron chi connectivity index (χ4n) is 2.55. The van der Waals surface area contributed by atoms with Crippen LogP contribution < -0.4 is 0 Å². The van der Waals surface area contributed by atoms with Gasteiger partial charge in [-0.2, -0.15) is 5.26 Å². The maximum absolute atomic E-state index is 12.0. The molecule has 0 aliphatic carbocycles. The fourth-order valence-corrected chi connectivity index (χ4v) is 2.55. The summed E-state index contributed by atoms with van der Waals surface area (Å²) in [7, 11) is 0. The minimum Gasteiger partial charge on any atom is -0.402 e. The molecule has 1 aliphatic rings. The van der Waals surface area contributed by atoms with Gasteiger partial charge in [0.15, 0.2) is 0 Å². The summed E-state index contributed by atoms with van der Waals surface area (Å²) in [6.45, 7) is 3.72. The van der Waals surface area contributed by atoms with E-state index in [0.717, 1.165) is 23.2 Å². The van der Waals surface area contributed by atoms with Crippen molar-refractivity contribution in [2.75, 3.05) is 0 Å². The van der Waals surface area contributed by atoms with Gasteiger partial charge in [0.05, 0.1) is 11.5 Å². The van der Waals surface area contributed by atoms with Crippen molar-refractivity contribution in [2.24, 2.45) is 4.99 Å². The van der Waals surface area contributed by atoms with E-state index in [1.807, 2.05) is 56.4 Å². The molecule has 1 aromatic heterocycles. The number of hydrogen-bond donors (Lipinski definition) is 1. The highest BCUT2D eigenvalue weighted by molar-refractivity contribution is 6.11. The quantitative estimate of drug-likeness (QED) is 0.670. The molecular formula is C20H19N3O2. The smallest absolute Gasteiger partial charge is 0.363 e. The Morgan fingerprint density at radius 3 is 2.68 bits per heavy atom. The zero-order chi connectivity index (χ0) is 17.9. The number of ether oxygens (including phenoxy) is 1. The number of allylic oxidation sites excluding steroid dienone is 1. The van der Waals surface area contributed by atoms with Gasteiger partial charge in [-0.3, -0.25) is 0 Å². The van der Waals surface area contributed by atoms with Crippen molar-refractivity contribution in [3.63, 3.8) is 0 Å². The van der Waals surface area contributed by atoms with E-state index in [1.165, 1.54) is 0 Å². The maximum atomic E-state index is 12.0. The Morgan fingerprint density at radius 2 is 2.04 bits per heavy atom. The summed E-state index contributed by atoms with van der Waals surface area (Å²) >= 11 is 0. The minimum atomic E-state index is -0.560. The number of H-pyrrole nitrogens is 1. The van der Waals surface area contributed by atoms with Gasteiger partial charge in [0, 0.05) is 17.5 Å². The van der Waals surface area contributed by atoms with E-state index in [4.69, 9.17) is 4.74 Å². The molecular weight excluding hydrogens is 314 g/mol. The van der Waals surface area contributed by atoms with Crippen LogP contribution in [-0.4, -0.2) is 16.9 Å². The third kappa shape index (κ3) is 3.69. The van der Waals surface area contributed by atoms with Crippen molar-refractivity contribution in [1.29, 1.82) is 5.26 Å². The zero-order valence-corrected chi connectivity index (χ0v) is 14.2. The monoisotopic (exact) mass is 333 g/mol. The number of carbonyl (C=O) groups excluding carboxylic acids is 1. The third-order valence-electron chi connectivity index (χ3n) is 4.17. The van der Waals surface area contributed by atoms with Crippen molar-refractivity contribution < 1.29 is 9.53 Å². The molecule has 1 aromatic carbocycles. The first kappa shape index (κ1) is 16.7. The lowest BCUT2D eigenvalue weighted by Gasteiger charge is -2.15. The topological polar surface area (TPSA) is 78.2 Å². The molecule has 25 heavy (non-hydrogen) atoms. The predicted octanol–water partition coefficient (Wildman–Crippen LogP) is 3.64. The Kier molecular flexibility index (Phi) is 4.53. The van der Waals surface area contributed by atoms with Gasteiger partial charge in [-0.05, 0) is 56.5 Å². The van der Waals surface area contributed by atoms with E-state index >= 15 is 0 Å². The summed E-state index contributed by atoms with van der Waals surface area (Å²) in [5, 5.41) is 9.20.